The van der Waals surface area contributed by atoms with Crippen LogP contribution in [0, 0.1) is 6.92 Å². The van der Waals surface area contributed by atoms with Gasteiger partial charge in [0.15, 0.2) is 4.96 Å². The number of fused-ring (bicyclic) bond motifs is 1. The molecule has 1 aliphatic rings. The summed E-state index contributed by atoms with van der Waals surface area (Å²) in [7, 11) is 0. The Morgan fingerprint density at radius 2 is 2.04 bits per heavy atom. The van der Waals surface area contributed by atoms with Crippen LogP contribution >= 0.6 is 11.3 Å². The van der Waals surface area contributed by atoms with E-state index in [4.69, 9.17) is 0 Å². The van der Waals surface area contributed by atoms with Gasteiger partial charge in [-0.1, -0.05) is 30.3 Å². The SMILES string of the molecule is Cc1cn2c(=O)cc(CN3C[C@@H](c4ccccc4)CC3=O)nc2s1. The minimum atomic E-state index is -0.0920. The first-order valence-corrected chi connectivity index (χ1v) is 8.73. The first-order valence-electron chi connectivity index (χ1n) is 7.91. The number of thiazole rings is 1. The van der Waals surface area contributed by atoms with E-state index in [-0.39, 0.29) is 17.4 Å². The van der Waals surface area contributed by atoms with E-state index in [9.17, 15) is 9.59 Å². The van der Waals surface area contributed by atoms with Gasteiger partial charge in [0.05, 0.1) is 12.2 Å². The fourth-order valence-electron chi connectivity index (χ4n) is 3.21. The predicted molar refractivity (Wildman–Crippen MR) is 93.3 cm³/mol. The minimum Gasteiger partial charge on any atom is -0.336 e. The molecule has 3 aromatic rings. The van der Waals surface area contributed by atoms with Crippen molar-refractivity contribution in [2.45, 2.75) is 25.8 Å². The maximum absolute atomic E-state index is 12.3. The van der Waals surface area contributed by atoms with Crippen LogP contribution in [0.25, 0.3) is 4.96 Å². The molecule has 1 atom stereocenters. The third-order valence-electron chi connectivity index (χ3n) is 4.37. The van der Waals surface area contributed by atoms with E-state index < -0.39 is 0 Å². The Bertz CT molecular complexity index is 961. The monoisotopic (exact) mass is 339 g/mol. The Hall–Kier alpha value is -2.47. The lowest BCUT2D eigenvalue weighted by molar-refractivity contribution is -0.128. The predicted octanol–water partition coefficient (Wildman–Crippen LogP) is 2.58. The normalized spacial score (nSPS) is 17.8. The molecule has 0 unspecified atom stereocenters. The van der Waals surface area contributed by atoms with Gasteiger partial charge in [-0.15, -0.1) is 11.3 Å². The number of carbonyl (C=O) groups excluding carboxylic acids is 1. The summed E-state index contributed by atoms with van der Waals surface area (Å²) >= 11 is 1.48. The number of likely N-dealkylation sites (tertiary alicyclic amines) is 1. The van der Waals surface area contributed by atoms with Crippen molar-refractivity contribution in [2.75, 3.05) is 6.54 Å². The third kappa shape index (κ3) is 2.73. The molecule has 4 rings (SSSR count). The van der Waals surface area contributed by atoms with Crippen LogP contribution in [0.5, 0.6) is 0 Å². The van der Waals surface area contributed by atoms with Crippen LogP contribution in [0.4, 0.5) is 0 Å². The molecule has 0 spiro atoms. The zero-order chi connectivity index (χ0) is 16.7. The Morgan fingerprint density at radius 3 is 2.83 bits per heavy atom. The van der Waals surface area contributed by atoms with Gasteiger partial charge >= 0.3 is 0 Å². The van der Waals surface area contributed by atoms with Gasteiger partial charge in [0.25, 0.3) is 5.56 Å². The maximum Gasteiger partial charge on any atom is 0.258 e. The topological polar surface area (TPSA) is 54.7 Å². The fraction of sp³-hybridized carbons (Fsp3) is 0.278. The van der Waals surface area contributed by atoms with Crippen molar-refractivity contribution >= 4 is 22.2 Å². The molecule has 0 radical (unpaired) electrons. The lowest BCUT2D eigenvalue weighted by Gasteiger charge is -2.16. The standard InChI is InChI=1S/C18H17N3O2S/c1-12-9-21-17(23)8-15(19-18(21)24-12)11-20-10-14(7-16(20)22)13-5-3-2-4-6-13/h2-6,8-9,14H,7,10-11H2,1H3/t14-/m0/s1. The average molecular weight is 339 g/mol. The number of rotatable bonds is 3. The number of hydrogen-bond donors (Lipinski definition) is 0. The van der Waals surface area contributed by atoms with E-state index in [2.05, 4.69) is 17.1 Å². The van der Waals surface area contributed by atoms with Crippen LogP contribution in [0.15, 0.2) is 47.4 Å². The molecule has 1 aliphatic heterocycles. The lowest BCUT2D eigenvalue weighted by Crippen LogP contribution is -2.26. The highest BCUT2D eigenvalue weighted by Crippen LogP contribution is 2.28. The molecule has 122 valence electrons. The van der Waals surface area contributed by atoms with E-state index in [0.29, 0.717) is 30.2 Å². The molecule has 0 aliphatic carbocycles. The molecule has 1 aromatic carbocycles. The highest BCUT2D eigenvalue weighted by atomic mass is 32.1. The molecule has 1 amide bonds. The van der Waals surface area contributed by atoms with Crippen LogP contribution in [0.1, 0.15) is 28.5 Å². The van der Waals surface area contributed by atoms with Crippen molar-refractivity contribution in [3.63, 3.8) is 0 Å². The molecule has 1 fully saturated rings. The van der Waals surface area contributed by atoms with E-state index in [1.807, 2.05) is 25.1 Å². The second kappa shape index (κ2) is 5.87. The first-order chi connectivity index (χ1) is 11.6. The highest BCUT2D eigenvalue weighted by molar-refractivity contribution is 7.16. The molecule has 1 saturated heterocycles. The summed E-state index contributed by atoms with van der Waals surface area (Å²) in [6, 6.07) is 11.6. The number of aromatic nitrogens is 2. The molecule has 0 bridgehead atoms. The van der Waals surface area contributed by atoms with Crippen LogP contribution in [0.3, 0.4) is 0 Å². The largest absolute Gasteiger partial charge is 0.336 e. The Balaban J connectivity index is 1.57. The van der Waals surface area contributed by atoms with E-state index in [0.717, 1.165) is 4.88 Å². The number of hydrogen-bond acceptors (Lipinski definition) is 4. The van der Waals surface area contributed by atoms with Gasteiger partial charge in [-0.25, -0.2) is 4.98 Å². The van der Waals surface area contributed by atoms with Crippen molar-refractivity contribution in [3.8, 4) is 0 Å². The van der Waals surface area contributed by atoms with Crippen LogP contribution < -0.4 is 5.56 Å². The smallest absolute Gasteiger partial charge is 0.258 e. The average Bonchev–Trinajstić information content (AvgIpc) is 3.11. The third-order valence-corrected chi connectivity index (χ3v) is 5.27. The molecule has 2 aromatic heterocycles. The Labute approximate surface area is 143 Å². The van der Waals surface area contributed by atoms with E-state index in [1.165, 1.54) is 23.0 Å². The van der Waals surface area contributed by atoms with Gasteiger partial charge in [0.1, 0.15) is 0 Å². The van der Waals surface area contributed by atoms with Crippen molar-refractivity contribution in [1.82, 2.24) is 14.3 Å². The second-order valence-corrected chi connectivity index (χ2v) is 7.38. The zero-order valence-corrected chi connectivity index (χ0v) is 14.1. The van der Waals surface area contributed by atoms with Crippen molar-refractivity contribution in [3.05, 3.63) is 69.1 Å². The van der Waals surface area contributed by atoms with E-state index in [1.54, 1.807) is 15.5 Å². The van der Waals surface area contributed by atoms with Crippen molar-refractivity contribution in [1.29, 1.82) is 0 Å². The molecule has 6 heteroatoms. The summed E-state index contributed by atoms with van der Waals surface area (Å²) in [5.41, 5.74) is 1.75. The first kappa shape index (κ1) is 15.1. The summed E-state index contributed by atoms with van der Waals surface area (Å²) in [6.45, 7) is 3.02. The van der Waals surface area contributed by atoms with Gasteiger partial charge in [-0.3, -0.25) is 14.0 Å². The van der Waals surface area contributed by atoms with Crippen molar-refractivity contribution < 1.29 is 4.79 Å². The number of amides is 1. The minimum absolute atomic E-state index is 0.0920. The second-order valence-electron chi connectivity index (χ2n) is 6.17. The van der Waals surface area contributed by atoms with Gasteiger partial charge in [0.2, 0.25) is 5.91 Å². The molecule has 0 saturated carbocycles. The van der Waals surface area contributed by atoms with Crippen LogP contribution in [0.2, 0.25) is 0 Å². The molecule has 5 nitrogen and oxygen atoms in total. The summed E-state index contributed by atoms with van der Waals surface area (Å²) in [5, 5.41) is 0. The summed E-state index contributed by atoms with van der Waals surface area (Å²) in [6.07, 6.45) is 2.31. The highest BCUT2D eigenvalue weighted by Gasteiger charge is 2.30. The molecule has 0 N–H and O–H groups in total. The molecule has 3 heterocycles. The Morgan fingerprint density at radius 1 is 1.25 bits per heavy atom. The number of carbonyl (C=O) groups is 1. The van der Waals surface area contributed by atoms with Crippen LogP contribution in [-0.4, -0.2) is 26.7 Å². The quantitative estimate of drug-likeness (QED) is 0.737. The van der Waals surface area contributed by atoms with Crippen LogP contribution in [-0.2, 0) is 11.3 Å². The summed E-state index contributed by atoms with van der Waals surface area (Å²) < 4.78 is 1.56. The fourth-order valence-corrected chi connectivity index (χ4v) is 4.06. The van der Waals surface area contributed by atoms with Gasteiger partial charge in [-0.05, 0) is 12.5 Å². The summed E-state index contributed by atoms with van der Waals surface area (Å²) in [5.74, 6) is 0.334. The number of aryl methyl sites for hydroxylation is 1. The Kier molecular flexibility index (Phi) is 3.69. The number of benzene rings is 1. The summed E-state index contributed by atoms with van der Waals surface area (Å²) in [4.78, 5) is 32.6. The van der Waals surface area contributed by atoms with E-state index >= 15 is 0 Å². The number of nitrogens with zero attached hydrogens (tertiary/aromatic N) is 3. The molecular weight excluding hydrogens is 322 g/mol. The lowest BCUT2D eigenvalue weighted by atomic mass is 9.99. The van der Waals surface area contributed by atoms with Crippen molar-refractivity contribution in [2.24, 2.45) is 0 Å². The molecular formula is C18H17N3O2S. The van der Waals surface area contributed by atoms with Gasteiger partial charge in [-0.2, -0.15) is 0 Å². The molecule has 24 heavy (non-hydrogen) atoms. The van der Waals surface area contributed by atoms with Gasteiger partial charge in [0, 0.05) is 36.0 Å². The zero-order valence-electron chi connectivity index (χ0n) is 13.3. The van der Waals surface area contributed by atoms with Gasteiger partial charge < -0.3 is 4.90 Å². The maximum atomic E-state index is 12.3.